The summed E-state index contributed by atoms with van der Waals surface area (Å²) in [6, 6.07) is 15.3. The van der Waals surface area contributed by atoms with Crippen LogP contribution in [0.4, 0.5) is 15.3 Å². The van der Waals surface area contributed by atoms with Gasteiger partial charge < -0.3 is 109 Å². The maximum Gasteiger partial charge on any atom is 0.509 e. The number of amides is 6. The third kappa shape index (κ3) is 21.9. The fraction of sp³-hybridized carbons (Fsp3) is 0.581. The Morgan fingerprint density at radius 2 is 1.27 bits per heavy atom. The number of benzene rings is 3. The van der Waals surface area contributed by atoms with E-state index < -0.39 is 192 Å². The van der Waals surface area contributed by atoms with Crippen molar-refractivity contribution in [1.29, 1.82) is 0 Å². The van der Waals surface area contributed by atoms with Crippen LogP contribution in [0.3, 0.4) is 0 Å². The van der Waals surface area contributed by atoms with E-state index in [0.717, 1.165) is 6.92 Å². The van der Waals surface area contributed by atoms with Gasteiger partial charge in [0.2, 0.25) is 35.6 Å². The third-order valence-corrected chi connectivity index (χ3v) is 19.1. The van der Waals surface area contributed by atoms with E-state index in [9.17, 15) is 58.5 Å². The van der Waals surface area contributed by atoms with Crippen LogP contribution >= 0.6 is 0 Å². The van der Waals surface area contributed by atoms with Gasteiger partial charge in [0.1, 0.15) is 73.0 Å². The molecule has 0 radical (unpaired) electrons. The molecule has 588 valence electrons. The highest BCUT2D eigenvalue weighted by atomic mass is 16.7. The molecule has 2 saturated carbocycles. The SMILES string of the molecule is COCCOCCOCCOCCOCCOCC(=O)N[C@H](C)C(=O)N[C@H](C)C(=O)N[C@H](CC(N)=O)C(=O)Nc1ccc(COC(=O)O[C@@H](C(=O)O[C@H]2C[C@@]3(O)[C@@H](OC(=O)c4ccccc4)[C@H]4[C@](C)(C(=O)[C@H](O)C(=C2C)C3(C)C)[C@@H](O)CC2OC[C@]24OC(C)=O)[C@@H](NC(=O)OC(C)(C)C)c2ccccc2)cc1. The molecule has 14 atom stereocenters. The molecule has 1 heterocycles. The predicted octanol–water partition coefficient (Wildman–Crippen LogP) is 2.66. The lowest BCUT2D eigenvalue weighted by Crippen LogP contribution is -2.81. The molecule has 107 heavy (non-hydrogen) atoms. The predicted molar refractivity (Wildman–Crippen MR) is 375 cm³/mol. The molecule has 6 amide bonds. The summed E-state index contributed by atoms with van der Waals surface area (Å²) < 4.78 is 73.5. The number of fused-ring (bicyclic) bond motifs is 5. The number of Topliss-reactive ketones (excluding diaryl/α,β-unsaturated/α-hetero) is 1. The number of ether oxygens (including phenoxy) is 13. The number of nitrogens with one attached hydrogen (secondary N) is 5. The molecule has 4 aliphatic rings. The number of alkyl carbamates (subject to hydrolysis) is 1. The Morgan fingerprint density at radius 3 is 1.82 bits per heavy atom. The zero-order valence-electron chi connectivity index (χ0n) is 62.0. The molecule has 33 nitrogen and oxygen atoms in total. The molecule has 3 aromatic carbocycles. The molecule has 2 bridgehead atoms. The minimum Gasteiger partial charge on any atom is -0.455 e. The molecule has 1 aliphatic heterocycles. The van der Waals surface area contributed by atoms with Crippen molar-refractivity contribution in [3.8, 4) is 0 Å². The fourth-order valence-corrected chi connectivity index (χ4v) is 13.5. The Kier molecular flexibility index (Phi) is 30.4. The lowest BCUT2D eigenvalue weighted by Gasteiger charge is -2.67. The number of carbonyl (C=O) groups excluding carboxylic acids is 11. The Balaban J connectivity index is 1.02. The Hall–Kier alpha value is -9.03. The van der Waals surface area contributed by atoms with Gasteiger partial charge in [-0.15, -0.1) is 0 Å². The van der Waals surface area contributed by atoms with Gasteiger partial charge in [-0.05, 0) is 95.0 Å². The van der Waals surface area contributed by atoms with Gasteiger partial charge in [-0.1, -0.05) is 74.5 Å². The number of primary amides is 1. The van der Waals surface area contributed by atoms with E-state index in [0.29, 0.717) is 46.2 Å². The van der Waals surface area contributed by atoms with Crippen molar-refractivity contribution in [2.24, 2.45) is 22.5 Å². The Morgan fingerprint density at radius 1 is 0.710 bits per heavy atom. The molecule has 33 heteroatoms. The van der Waals surface area contributed by atoms with Gasteiger partial charge >= 0.3 is 30.2 Å². The van der Waals surface area contributed by atoms with Crippen LogP contribution in [0.5, 0.6) is 0 Å². The summed E-state index contributed by atoms with van der Waals surface area (Å²) >= 11 is 0. The topological polar surface area (TPSA) is 455 Å². The van der Waals surface area contributed by atoms with E-state index in [2.05, 4.69) is 26.6 Å². The highest BCUT2D eigenvalue weighted by Gasteiger charge is 2.78. The molecule has 3 fully saturated rings. The average molecular weight is 1510 g/mol. The number of hydrogen-bond acceptors (Lipinski definition) is 27. The number of esters is 3. The first-order valence-corrected chi connectivity index (χ1v) is 35.0. The number of anilines is 1. The van der Waals surface area contributed by atoms with Crippen molar-refractivity contribution in [2.75, 3.05) is 91.7 Å². The molecule has 1 unspecified atom stereocenters. The van der Waals surface area contributed by atoms with Crippen LogP contribution in [0.15, 0.2) is 96.1 Å². The lowest BCUT2D eigenvalue weighted by atomic mass is 9.44. The van der Waals surface area contributed by atoms with Gasteiger partial charge in [0, 0.05) is 38.0 Å². The van der Waals surface area contributed by atoms with Crippen LogP contribution < -0.4 is 32.3 Å². The van der Waals surface area contributed by atoms with Crippen LogP contribution in [0, 0.1) is 16.7 Å². The van der Waals surface area contributed by atoms with Gasteiger partial charge in [0.15, 0.2) is 11.4 Å². The van der Waals surface area contributed by atoms with Crippen molar-refractivity contribution in [3.63, 3.8) is 0 Å². The molecule has 0 aromatic heterocycles. The summed E-state index contributed by atoms with van der Waals surface area (Å²) in [5.41, 5.74) is -3.67. The minimum absolute atomic E-state index is 0.00538. The first-order chi connectivity index (χ1) is 50.6. The summed E-state index contributed by atoms with van der Waals surface area (Å²) in [7, 11) is 1.59. The number of hydrogen-bond donors (Lipinski definition) is 9. The van der Waals surface area contributed by atoms with E-state index in [1.807, 2.05) is 0 Å². The van der Waals surface area contributed by atoms with Gasteiger partial charge in [-0.25, -0.2) is 19.2 Å². The second-order valence-electron chi connectivity index (χ2n) is 28.1. The van der Waals surface area contributed by atoms with E-state index in [-0.39, 0.29) is 59.8 Å². The summed E-state index contributed by atoms with van der Waals surface area (Å²) in [6.45, 7) is 16.3. The molecular weight excluding hydrogens is 1400 g/mol. The van der Waals surface area contributed by atoms with E-state index in [4.69, 9.17) is 67.3 Å². The quantitative estimate of drug-likeness (QED) is 0.0173. The monoisotopic (exact) mass is 1500 g/mol. The summed E-state index contributed by atoms with van der Waals surface area (Å²) in [4.78, 5) is 151. The highest BCUT2D eigenvalue weighted by Crippen LogP contribution is 2.64. The Labute approximate surface area is 619 Å². The number of nitrogens with two attached hydrogens (primary N) is 1. The molecular formula is C74H100N6O27. The molecule has 3 aromatic rings. The van der Waals surface area contributed by atoms with Gasteiger partial charge in [-0.2, -0.15) is 0 Å². The third-order valence-electron chi connectivity index (χ3n) is 19.1. The molecule has 10 N–H and O–H groups in total. The minimum atomic E-state index is -2.55. The Bertz CT molecular complexity index is 3630. The van der Waals surface area contributed by atoms with Gasteiger partial charge in [-0.3, -0.25) is 33.6 Å². The summed E-state index contributed by atoms with van der Waals surface area (Å²) in [5, 5.41) is 51.1. The average Bonchev–Trinajstić information content (AvgIpc) is 0.670. The van der Waals surface area contributed by atoms with Crippen LogP contribution in [-0.2, 0) is 107 Å². The highest BCUT2D eigenvalue weighted by molar-refractivity contribution is 6.01. The molecule has 3 aliphatic carbocycles. The second-order valence-corrected chi connectivity index (χ2v) is 28.1. The molecule has 7 rings (SSSR count). The normalized spacial score (nSPS) is 24.2. The van der Waals surface area contributed by atoms with Crippen molar-refractivity contribution in [2.45, 2.75) is 173 Å². The summed E-state index contributed by atoms with van der Waals surface area (Å²) in [6.07, 6.45) is -15.1. The van der Waals surface area contributed by atoms with Crippen LogP contribution in [0.1, 0.15) is 116 Å². The number of methoxy groups -OCH3 is 1. The number of rotatable bonds is 37. The standard InChI is InChI=1S/C74H100N6O27/c1-42-51(38-74(94)62(105-66(90)48-20-16-13-17-21-48)60-72(10,61(86)58(85)56(42)71(74,8)9)52(82)37-53-73(60,41-102-53)106-45(4)81)103-67(91)59(57(47-18-14-12-15-19-47)80-68(92)107-70(5,6)7)104-69(93)101-39-46-22-24-49(25-23-46)78-65(89)50(36-54(75)83)79-64(88)44(3)77-63(87)43(2)76-55(84)40-100-35-34-99-33-32-98-31-30-97-29-28-96-27-26-95-11/h12-25,43-44,50-53,57-60,62,82,85,94H,26-41H2,1-11H3,(H2,75,83)(H,76,84)(H,77,87)(H,78,89)(H,79,88)(H,80,92)/t43-,44-,50-,51+,52+,53?,57+,58-,59-,60+,62+,72-,73+,74-/m1/s1. The zero-order valence-corrected chi connectivity index (χ0v) is 62.0. The van der Waals surface area contributed by atoms with Crippen molar-refractivity contribution in [1.82, 2.24) is 21.3 Å². The van der Waals surface area contributed by atoms with Crippen molar-refractivity contribution < 1.29 is 130 Å². The van der Waals surface area contributed by atoms with E-state index in [1.165, 1.54) is 90.1 Å². The number of ketones is 1. The first kappa shape index (κ1) is 85.2. The van der Waals surface area contributed by atoms with Crippen LogP contribution in [0.25, 0.3) is 0 Å². The maximum atomic E-state index is 15.4. The first-order valence-electron chi connectivity index (χ1n) is 35.0. The number of aliphatic hydroxyl groups is 3. The number of carbonyl (C=O) groups is 11. The maximum absolute atomic E-state index is 15.4. The van der Waals surface area contributed by atoms with E-state index in [1.54, 1.807) is 64.3 Å². The van der Waals surface area contributed by atoms with Crippen molar-refractivity contribution >= 4 is 71.2 Å². The fourth-order valence-electron chi connectivity index (χ4n) is 13.5. The van der Waals surface area contributed by atoms with Gasteiger partial charge in [0.25, 0.3) is 0 Å². The van der Waals surface area contributed by atoms with Crippen LogP contribution in [0.2, 0.25) is 0 Å². The molecule has 0 spiro atoms. The van der Waals surface area contributed by atoms with Gasteiger partial charge in [0.05, 0.1) is 102 Å². The number of aliphatic hydroxyl groups excluding tert-OH is 2. The second kappa shape index (κ2) is 38.2. The van der Waals surface area contributed by atoms with Crippen molar-refractivity contribution in [3.05, 3.63) is 113 Å². The zero-order chi connectivity index (χ0) is 78.6. The van der Waals surface area contributed by atoms with E-state index >= 15 is 9.59 Å². The summed E-state index contributed by atoms with van der Waals surface area (Å²) in [5.74, 6) is -10.1. The smallest absolute Gasteiger partial charge is 0.455 e. The molecule has 1 saturated heterocycles. The van der Waals surface area contributed by atoms with Crippen LogP contribution in [-0.4, -0.2) is 239 Å². The lowest BCUT2D eigenvalue weighted by molar-refractivity contribution is -0.346. The largest absolute Gasteiger partial charge is 0.509 e.